The van der Waals surface area contributed by atoms with Crippen molar-refractivity contribution in [2.24, 2.45) is 11.8 Å². The minimum Gasteiger partial charge on any atom is -0.300 e. The van der Waals surface area contributed by atoms with E-state index in [1.54, 1.807) is 0 Å². The average Bonchev–Trinajstić information content (AvgIpc) is 1.85. The average molecular weight is 268 g/mol. The largest absolute Gasteiger partial charge is 0.300 e. The van der Waals surface area contributed by atoms with E-state index in [0.29, 0.717) is 17.6 Å². The summed E-state index contributed by atoms with van der Waals surface area (Å²) in [6.45, 7) is 6.31. The molecule has 2 heteroatoms. The molecule has 0 fully saturated rings. The molecule has 1 atom stereocenters. The van der Waals surface area contributed by atoms with E-state index in [1.807, 2.05) is 0 Å². The van der Waals surface area contributed by atoms with E-state index in [1.165, 1.54) is 0 Å². The summed E-state index contributed by atoms with van der Waals surface area (Å²) in [5, 5.41) is 0. The van der Waals surface area contributed by atoms with Crippen LogP contribution in [0.2, 0.25) is 0 Å². The molecule has 66 valence electrons. The second kappa shape index (κ2) is 5.98. The summed E-state index contributed by atoms with van der Waals surface area (Å²) in [4.78, 5) is 11.2. The Morgan fingerprint density at radius 2 is 1.82 bits per heavy atom. The van der Waals surface area contributed by atoms with Crippen LogP contribution >= 0.6 is 22.6 Å². The fourth-order valence-corrected chi connectivity index (χ4v) is 1.29. The van der Waals surface area contributed by atoms with E-state index in [-0.39, 0.29) is 0 Å². The zero-order valence-corrected chi connectivity index (χ0v) is 9.72. The van der Waals surface area contributed by atoms with Gasteiger partial charge in [0.05, 0.1) is 0 Å². The van der Waals surface area contributed by atoms with E-state index in [2.05, 4.69) is 43.4 Å². The van der Waals surface area contributed by atoms with Crippen molar-refractivity contribution in [3.05, 3.63) is 0 Å². The quantitative estimate of drug-likeness (QED) is 0.553. The Morgan fingerprint density at radius 1 is 1.27 bits per heavy atom. The van der Waals surface area contributed by atoms with Gasteiger partial charge in [-0.1, -0.05) is 43.4 Å². The van der Waals surface area contributed by atoms with Crippen molar-refractivity contribution < 1.29 is 4.79 Å². The van der Waals surface area contributed by atoms with Gasteiger partial charge in [-0.2, -0.15) is 0 Å². The Bertz CT molecular complexity index is 121. The van der Waals surface area contributed by atoms with Crippen LogP contribution in [0.4, 0.5) is 0 Å². The summed E-state index contributed by atoms with van der Waals surface area (Å²) in [7, 11) is 0. The fraction of sp³-hybridized carbons (Fsp3) is 0.889. The first-order valence-electron chi connectivity index (χ1n) is 4.14. The van der Waals surface area contributed by atoms with Gasteiger partial charge in [0.1, 0.15) is 5.78 Å². The van der Waals surface area contributed by atoms with Gasteiger partial charge in [0, 0.05) is 17.3 Å². The van der Waals surface area contributed by atoms with Gasteiger partial charge in [0.15, 0.2) is 0 Å². The Morgan fingerprint density at radius 3 is 2.18 bits per heavy atom. The Labute approximate surface area is 83.1 Å². The maximum atomic E-state index is 11.2. The molecule has 0 amide bonds. The molecule has 0 radical (unpaired) electrons. The number of ketones is 1. The number of halogens is 1. The molecule has 0 N–H and O–H groups in total. The van der Waals surface area contributed by atoms with Gasteiger partial charge in [-0.15, -0.1) is 0 Å². The van der Waals surface area contributed by atoms with Crippen molar-refractivity contribution in [1.82, 2.24) is 0 Å². The molecule has 1 nitrogen and oxygen atoms in total. The highest BCUT2D eigenvalue weighted by Gasteiger charge is 2.08. The molecule has 0 spiro atoms. The molecule has 0 aliphatic carbocycles. The van der Waals surface area contributed by atoms with Crippen LogP contribution in [0.5, 0.6) is 0 Å². The maximum absolute atomic E-state index is 11.2. The van der Waals surface area contributed by atoms with Crippen LogP contribution in [-0.4, -0.2) is 10.2 Å². The van der Waals surface area contributed by atoms with Gasteiger partial charge in [0.25, 0.3) is 0 Å². The Kier molecular flexibility index (Phi) is 6.19. The molecule has 0 saturated heterocycles. The van der Waals surface area contributed by atoms with Crippen molar-refractivity contribution in [3.8, 4) is 0 Å². The number of Topliss-reactive ketones (excluding diaryl/α,β-unsaturated/α-hetero) is 1. The van der Waals surface area contributed by atoms with Crippen LogP contribution in [0.3, 0.4) is 0 Å². The van der Waals surface area contributed by atoms with Crippen LogP contribution < -0.4 is 0 Å². The lowest BCUT2D eigenvalue weighted by Crippen LogP contribution is -2.08. The molecule has 0 unspecified atom stereocenters. The van der Waals surface area contributed by atoms with Gasteiger partial charge in [-0.05, 0) is 11.8 Å². The summed E-state index contributed by atoms with van der Waals surface area (Å²) in [5.41, 5.74) is 0. The van der Waals surface area contributed by atoms with E-state index in [9.17, 15) is 4.79 Å². The fourth-order valence-electron chi connectivity index (χ4n) is 0.982. The van der Waals surface area contributed by atoms with Crippen molar-refractivity contribution in [2.45, 2.75) is 33.6 Å². The van der Waals surface area contributed by atoms with Crippen molar-refractivity contribution in [3.63, 3.8) is 0 Å². The predicted molar refractivity (Wildman–Crippen MR) is 57.1 cm³/mol. The Balaban J connectivity index is 3.52. The first-order valence-corrected chi connectivity index (χ1v) is 5.66. The minimum atomic E-state index is 0.421. The van der Waals surface area contributed by atoms with Crippen molar-refractivity contribution in [2.75, 3.05) is 4.43 Å². The molecule has 0 aromatic carbocycles. The monoisotopic (exact) mass is 268 g/mol. The van der Waals surface area contributed by atoms with Gasteiger partial charge in [-0.3, -0.25) is 4.79 Å². The lowest BCUT2D eigenvalue weighted by atomic mass is 10.00. The third-order valence-corrected chi connectivity index (χ3v) is 2.98. The van der Waals surface area contributed by atoms with Gasteiger partial charge < -0.3 is 0 Å². The third kappa shape index (κ3) is 6.78. The number of carbonyl (C=O) groups excluding carboxylic acids is 1. The zero-order chi connectivity index (χ0) is 8.85. The van der Waals surface area contributed by atoms with Crippen molar-refractivity contribution >= 4 is 28.4 Å². The smallest absolute Gasteiger partial charge is 0.133 e. The molecular formula is C9H17IO. The first-order chi connectivity index (χ1) is 5.06. The van der Waals surface area contributed by atoms with E-state index in [4.69, 9.17) is 0 Å². The molecule has 0 bridgehead atoms. The lowest BCUT2D eigenvalue weighted by molar-refractivity contribution is -0.120. The van der Waals surface area contributed by atoms with Crippen LogP contribution in [0.15, 0.2) is 0 Å². The number of hydrogen-bond donors (Lipinski definition) is 0. The van der Waals surface area contributed by atoms with Crippen LogP contribution in [-0.2, 0) is 4.79 Å². The highest BCUT2D eigenvalue weighted by atomic mass is 127. The normalized spacial score (nSPS) is 13.5. The van der Waals surface area contributed by atoms with Gasteiger partial charge in [-0.25, -0.2) is 0 Å². The minimum absolute atomic E-state index is 0.421. The molecule has 0 aliphatic heterocycles. The zero-order valence-electron chi connectivity index (χ0n) is 7.56. The standard InChI is InChI=1S/C9H17IO/c1-7(2)4-9(11)5-8(3)6-10/h7-8H,4-6H2,1-3H3/t8-/m1/s1. The van der Waals surface area contributed by atoms with Crippen LogP contribution in [0.25, 0.3) is 0 Å². The molecule has 0 aliphatic rings. The highest BCUT2D eigenvalue weighted by Crippen LogP contribution is 2.10. The number of carbonyl (C=O) groups is 1. The summed E-state index contributed by atoms with van der Waals surface area (Å²) in [6.07, 6.45) is 1.52. The second-order valence-corrected chi connectivity index (χ2v) is 4.48. The lowest BCUT2D eigenvalue weighted by Gasteiger charge is -2.07. The summed E-state index contributed by atoms with van der Waals surface area (Å²) < 4.78 is 1.08. The summed E-state index contributed by atoms with van der Waals surface area (Å²) >= 11 is 2.33. The molecule has 11 heavy (non-hydrogen) atoms. The SMILES string of the molecule is CC(C)CC(=O)C[C@@H](C)CI. The van der Waals surface area contributed by atoms with Crippen LogP contribution in [0, 0.1) is 11.8 Å². The predicted octanol–water partition coefficient (Wildman–Crippen LogP) is 3.06. The molecular weight excluding hydrogens is 251 g/mol. The Hall–Kier alpha value is 0.400. The van der Waals surface area contributed by atoms with Crippen molar-refractivity contribution in [1.29, 1.82) is 0 Å². The van der Waals surface area contributed by atoms with E-state index < -0.39 is 0 Å². The maximum Gasteiger partial charge on any atom is 0.133 e. The number of rotatable bonds is 5. The van der Waals surface area contributed by atoms with Gasteiger partial charge >= 0.3 is 0 Å². The molecule has 0 aromatic rings. The van der Waals surface area contributed by atoms with Crippen LogP contribution in [0.1, 0.15) is 33.6 Å². The first kappa shape index (κ1) is 11.4. The van der Waals surface area contributed by atoms with Gasteiger partial charge in [0.2, 0.25) is 0 Å². The molecule has 0 heterocycles. The number of hydrogen-bond acceptors (Lipinski definition) is 1. The molecule has 0 aromatic heterocycles. The third-order valence-electron chi connectivity index (χ3n) is 1.48. The molecule has 0 saturated carbocycles. The number of alkyl halides is 1. The molecule has 0 rings (SSSR count). The summed E-state index contributed by atoms with van der Waals surface area (Å²) in [5.74, 6) is 1.50. The topological polar surface area (TPSA) is 17.1 Å². The highest BCUT2D eigenvalue weighted by molar-refractivity contribution is 14.1. The summed E-state index contributed by atoms with van der Waals surface area (Å²) in [6, 6.07) is 0. The van der Waals surface area contributed by atoms with E-state index in [0.717, 1.165) is 17.3 Å². The second-order valence-electron chi connectivity index (χ2n) is 3.60. The van der Waals surface area contributed by atoms with E-state index >= 15 is 0 Å².